The van der Waals surface area contributed by atoms with E-state index in [1.807, 2.05) is 18.2 Å². The van der Waals surface area contributed by atoms with E-state index in [1.165, 1.54) is 5.69 Å². The first kappa shape index (κ1) is 11.3. The average molecular weight is 313 g/mol. The van der Waals surface area contributed by atoms with Crippen LogP contribution in [0.4, 0.5) is 0 Å². The number of H-pyrrole nitrogens is 1. The molecule has 0 amide bonds. The third kappa shape index (κ3) is 2.12. The second-order valence-corrected chi connectivity index (χ2v) is 5.38. The van der Waals surface area contributed by atoms with Crippen LogP contribution < -0.4 is 5.32 Å². The number of halogens is 2. The molecule has 17 heavy (non-hydrogen) atoms. The molecule has 0 spiro atoms. The number of aromatic nitrogens is 2. The third-order valence-corrected chi connectivity index (χ3v) is 3.70. The largest absolute Gasteiger partial charge is 0.341 e. The van der Waals surface area contributed by atoms with Crippen molar-refractivity contribution >= 4 is 27.5 Å². The van der Waals surface area contributed by atoms with Gasteiger partial charge in [-0.25, -0.2) is 4.98 Å². The Morgan fingerprint density at radius 3 is 3.00 bits per heavy atom. The summed E-state index contributed by atoms with van der Waals surface area (Å²) in [5, 5.41) is 4.02. The molecule has 1 aromatic carbocycles. The molecule has 0 bridgehead atoms. The summed E-state index contributed by atoms with van der Waals surface area (Å²) in [7, 11) is 0. The number of imidazole rings is 1. The normalized spacial score (nSPS) is 14.7. The van der Waals surface area contributed by atoms with E-state index >= 15 is 0 Å². The summed E-state index contributed by atoms with van der Waals surface area (Å²) >= 11 is 9.62. The SMILES string of the molecule is Clc1cc(Br)ccc1-c1nc2c([nH]1)CNCC2. The van der Waals surface area contributed by atoms with E-state index in [-0.39, 0.29) is 0 Å². The molecule has 0 saturated heterocycles. The lowest BCUT2D eigenvalue weighted by molar-refractivity contribution is 0.627. The maximum atomic E-state index is 6.22. The predicted octanol–water partition coefficient (Wildman–Crippen LogP) is 3.14. The average Bonchev–Trinajstić information content (AvgIpc) is 2.72. The van der Waals surface area contributed by atoms with Gasteiger partial charge in [-0.15, -0.1) is 0 Å². The summed E-state index contributed by atoms with van der Waals surface area (Å²) < 4.78 is 0.976. The van der Waals surface area contributed by atoms with Gasteiger partial charge < -0.3 is 10.3 Å². The fourth-order valence-electron chi connectivity index (χ4n) is 2.03. The molecule has 1 aromatic heterocycles. The van der Waals surface area contributed by atoms with Crippen LogP contribution in [-0.2, 0) is 13.0 Å². The number of fused-ring (bicyclic) bond motifs is 1. The molecule has 88 valence electrons. The first-order valence-electron chi connectivity index (χ1n) is 5.48. The van der Waals surface area contributed by atoms with Gasteiger partial charge in [-0.3, -0.25) is 0 Å². The van der Waals surface area contributed by atoms with Crippen LogP contribution in [0.5, 0.6) is 0 Å². The smallest absolute Gasteiger partial charge is 0.139 e. The van der Waals surface area contributed by atoms with Crippen molar-refractivity contribution in [1.82, 2.24) is 15.3 Å². The molecule has 0 atom stereocenters. The zero-order valence-corrected chi connectivity index (χ0v) is 11.4. The van der Waals surface area contributed by atoms with E-state index in [2.05, 4.69) is 31.2 Å². The van der Waals surface area contributed by atoms with Crippen LogP contribution in [0, 0.1) is 0 Å². The summed E-state index contributed by atoms with van der Waals surface area (Å²) in [6.45, 7) is 1.85. The van der Waals surface area contributed by atoms with Crippen molar-refractivity contribution in [2.45, 2.75) is 13.0 Å². The molecule has 1 aliphatic rings. The molecule has 1 aliphatic heterocycles. The first-order valence-corrected chi connectivity index (χ1v) is 6.65. The number of rotatable bonds is 1. The van der Waals surface area contributed by atoms with Crippen molar-refractivity contribution in [3.8, 4) is 11.4 Å². The highest BCUT2D eigenvalue weighted by Gasteiger charge is 2.16. The van der Waals surface area contributed by atoms with Crippen LogP contribution in [0.15, 0.2) is 22.7 Å². The van der Waals surface area contributed by atoms with Gasteiger partial charge in [0.25, 0.3) is 0 Å². The molecule has 0 unspecified atom stereocenters. The number of hydrogen-bond donors (Lipinski definition) is 2. The molecule has 2 N–H and O–H groups in total. The standard InChI is InChI=1S/C12H11BrClN3/c13-7-1-2-8(9(14)5-7)12-16-10-3-4-15-6-11(10)17-12/h1-2,5,15H,3-4,6H2,(H,16,17). The summed E-state index contributed by atoms with van der Waals surface area (Å²) in [5.41, 5.74) is 3.27. The number of hydrogen-bond acceptors (Lipinski definition) is 2. The number of nitrogens with zero attached hydrogens (tertiary/aromatic N) is 1. The molecule has 0 saturated carbocycles. The van der Waals surface area contributed by atoms with Crippen LogP contribution in [0.3, 0.4) is 0 Å². The van der Waals surface area contributed by atoms with Crippen molar-refractivity contribution in [3.63, 3.8) is 0 Å². The second kappa shape index (κ2) is 4.44. The molecule has 3 rings (SSSR count). The quantitative estimate of drug-likeness (QED) is 0.849. The Morgan fingerprint density at radius 2 is 2.24 bits per heavy atom. The van der Waals surface area contributed by atoms with Crippen molar-refractivity contribution in [2.75, 3.05) is 6.54 Å². The zero-order valence-electron chi connectivity index (χ0n) is 9.06. The minimum atomic E-state index is 0.707. The Labute approximate surface area is 113 Å². The van der Waals surface area contributed by atoms with Gasteiger partial charge in [-0.1, -0.05) is 27.5 Å². The highest BCUT2D eigenvalue weighted by molar-refractivity contribution is 9.10. The van der Waals surface area contributed by atoms with Crippen LogP contribution in [-0.4, -0.2) is 16.5 Å². The van der Waals surface area contributed by atoms with Crippen molar-refractivity contribution in [1.29, 1.82) is 0 Å². The minimum Gasteiger partial charge on any atom is -0.341 e. The van der Waals surface area contributed by atoms with E-state index in [1.54, 1.807) is 0 Å². The van der Waals surface area contributed by atoms with Crippen molar-refractivity contribution < 1.29 is 0 Å². The zero-order chi connectivity index (χ0) is 11.8. The number of aromatic amines is 1. The summed E-state index contributed by atoms with van der Waals surface area (Å²) in [5.74, 6) is 0.858. The number of nitrogens with one attached hydrogen (secondary N) is 2. The second-order valence-electron chi connectivity index (χ2n) is 4.06. The minimum absolute atomic E-state index is 0.707. The Morgan fingerprint density at radius 1 is 1.35 bits per heavy atom. The molecule has 2 heterocycles. The lowest BCUT2D eigenvalue weighted by atomic mass is 10.2. The maximum absolute atomic E-state index is 6.22. The van der Waals surface area contributed by atoms with Gasteiger partial charge in [0.15, 0.2) is 0 Å². The summed E-state index contributed by atoms with van der Waals surface area (Å²) in [6, 6.07) is 5.84. The van der Waals surface area contributed by atoms with E-state index in [9.17, 15) is 0 Å². The summed E-state index contributed by atoms with van der Waals surface area (Å²) in [4.78, 5) is 7.95. The molecule has 0 aliphatic carbocycles. The van der Waals surface area contributed by atoms with Crippen molar-refractivity contribution in [3.05, 3.63) is 39.1 Å². The van der Waals surface area contributed by atoms with Crippen molar-refractivity contribution in [2.24, 2.45) is 0 Å². The van der Waals surface area contributed by atoms with Crippen LogP contribution in [0.25, 0.3) is 11.4 Å². The van der Waals surface area contributed by atoms with E-state index in [0.717, 1.165) is 41.1 Å². The Balaban J connectivity index is 2.06. The maximum Gasteiger partial charge on any atom is 0.139 e. The van der Waals surface area contributed by atoms with Crippen LogP contribution in [0.2, 0.25) is 5.02 Å². The Hall–Kier alpha value is -0.840. The van der Waals surface area contributed by atoms with Gasteiger partial charge in [0, 0.05) is 29.5 Å². The highest BCUT2D eigenvalue weighted by atomic mass is 79.9. The first-order chi connectivity index (χ1) is 8.24. The third-order valence-electron chi connectivity index (χ3n) is 2.89. The molecular formula is C12H11BrClN3. The van der Waals surface area contributed by atoms with Gasteiger partial charge in [0.1, 0.15) is 5.82 Å². The molecule has 3 nitrogen and oxygen atoms in total. The topological polar surface area (TPSA) is 40.7 Å². The number of benzene rings is 1. The predicted molar refractivity (Wildman–Crippen MR) is 72.1 cm³/mol. The van der Waals surface area contributed by atoms with Gasteiger partial charge in [-0.05, 0) is 18.2 Å². The molecule has 0 radical (unpaired) electrons. The van der Waals surface area contributed by atoms with Crippen LogP contribution >= 0.6 is 27.5 Å². The highest BCUT2D eigenvalue weighted by Crippen LogP contribution is 2.29. The lowest BCUT2D eigenvalue weighted by Crippen LogP contribution is -2.23. The molecular weight excluding hydrogens is 302 g/mol. The van der Waals surface area contributed by atoms with E-state index in [0.29, 0.717) is 5.02 Å². The van der Waals surface area contributed by atoms with Gasteiger partial charge >= 0.3 is 0 Å². The van der Waals surface area contributed by atoms with Gasteiger partial charge in [0.2, 0.25) is 0 Å². The lowest BCUT2D eigenvalue weighted by Gasteiger charge is -2.09. The van der Waals surface area contributed by atoms with E-state index < -0.39 is 0 Å². The monoisotopic (exact) mass is 311 g/mol. The summed E-state index contributed by atoms with van der Waals surface area (Å²) in [6.07, 6.45) is 0.972. The van der Waals surface area contributed by atoms with Gasteiger partial charge in [-0.2, -0.15) is 0 Å². The Bertz CT molecular complexity index is 541. The molecule has 5 heteroatoms. The fourth-order valence-corrected chi connectivity index (χ4v) is 2.79. The van der Waals surface area contributed by atoms with Gasteiger partial charge in [0.05, 0.1) is 16.4 Å². The Kier molecular flexibility index (Phi) is 2.94. The molecule has 0 fully saturated rings. The fraction of sp³-hybridized carbons (Fsp3) is 0.250. The van der Waals surface area contributed by atoms with Crippen LogP contribution in [0.1, 0.15) is 11.4 Å². The molecule has 2 aromatic rings. The van der Waals surface area contributed by atoms with E-state index in [4.69, 9.17) is 11.6 Å².